The number of hydrogen-bond donors (Lipinski definition) is 2. The van der Waals surface area contributed by atoms with E-state index in [0.717, 1.165) is 0 Å². The third-order valence-corrected chi connectivity index (χ3v) is 3.37. The van der Waals surface area contributed by atoms with E-state index in [1.165, 1.54) is 30.0 Å². The molecule has 1 aromatic rings. The molecule has 0 bridgehead atoms. The van der Waals surface area contributed by atoms with Crippen LogP contribution in [0, 0.1) is 17.0 Å². The number of hydrogen-bond acceptors (Lipinski definition) is 5. The maximum atomic E-state index is 11.8. The van der Waals surface area contributed by atoms with E-state index < -0.39 is 10.9 Å². The Labute approximate surface area is 119 Å². The van der Waals surface area contributed by atoms with Crippen molar-refractivity contribution in [2.75, 3.05) is 18.1 Å². The number of aliphatic carboxylic acids is 1. The van der Waals surface area contributed by atoms with Gasteiger partial charge in [-0.05, 0) is 18.6 Å². The van der Waals surface area contributed by atoms with Crippen LogP contribution in [0.15, 0.2) is 18.2 Å². The van der Waals surface area contributed by atoms with Gasteiger partial charge in [-0.1, -0.05) is 0 Å². The molecule has 0 aromatic heterocycles. The molecule has 0 radical (unpaired) electrons. The van der Waals surface area contributed by atoms with Gasteiger partial charge >= 0.3 is 5.97 Å². The summed E-state index contributed by atoms with van der Waals surface area (Å²) in [7, 11) is 0. The molecule has 1 rings (SSSR count). The van der Waals surface area contributed by atoms with Crippen molar-refractivity contribution < 1.29 is 19.6 Å². The fourth-order valence-electron chi connectivity index (χ4n) is 1.51. The van der Waals surface area contributed by atoms with Crippen LogP contribution in [0.2, 0.25) is 0 Å². The van der Waals surface area contributed by atoms with Crippen molar-refractivity contribution in [1.29, 1.82) is 0 Å². The number of thioether (sulfide) groups is 1. The van der Waals surface area contributed by atoms with Gasteiger partial charge in [0.1, 0.15) is 0 Å². The Morgan fingerprint density at radius 1 is 1.45 bits per heavy atom. The van der Waals surface area contributed by atoms with Crippen molar-refractivity contribution in [2.45, 2.75) is 6.92 Å². The van der Waals surface area contributed by atoms with Crippen LogP contribution in [0.25, 0.3) is 0 Å². The number of carboxylic acids is 1. The highest BCUT2D eigenvalue weighted by molar-refractivity contribution is 7.99. The Bertz CT molecular complexity index is 533. The molecule has 7 nitrogen and oxygen atoms in total. The van der Waals surface area contributed by atoms with Gasteiger partial charge in [-0.15, -0.1) is 11.8 Å². The smallest absolute Gasteiger partial charge is 0.313 e. The predicted molar refractivity (Wildman–Crippen MR) is 75.1 cm³/mol. The summed E-state index contributed by atoms with van der Waals surface area (Å²) in [6.07, 6.45) is 0. The Balaban J connectivity index is 2.51. The summed E-state index contributed by atoms with van der Waals surface area (Å²) in [5, 5.41) is 21.7. The number of nitro groups is 1. The van der Waals surface area contributed by atoms with E-state index in [-0.39, 0.29) is 17.3 Å². The summed E-state index contributed by atoms with van der Waals surface area (Å²) in [5.74, 6) is -0.739. The third-order valence-electron chi connectivity index (χ3n) is 2.42. The first kappa shape index (κ1) is 16.0. The number of non-ortho nitro benzene ring substituents is 1. The first-order valence-corrected chi connectivity index (χ1v) is 6.90. The highest BCUT2D eigenvalue weighted by Gasteiger charge is 2.13. The molecule has 8 heteroatoms. The first-order chi connectivity index (χ1) is 9.41. The minimum Gasteiger partial charge on any atom is -0.481 e. The van der Waals surface area contributed by atoms with Crippen LogP contribution in [-0.4, -0.2) is 40.0 Å². The van der Waals surface area contributed by atoms with Crippen molar-refractivity contribution in [3.05, 3.63) is 39.4 Å². The van der Waals surface area contributed by atoms with Crippen molar-refractivity contribution in [2.24, 2.45) is 0 Å². The van der Waals surface area contributed by atoms with Crippen LogP contribution in [0.5, 0.6) is 0 Å². The van der Waals surface area contributed by atoms with Crippen LogP contribution in [-0.2, 0) is 4.79 Å². The van der Waals surface area contributed by atoms with Gasteiger partial charge in [-0.25, -0.2) is 0 Å². The Morgan fingerprint density at radius 2 is 2.15 bits per heavy atom. The van der Waals surface area contributed by atoms with Crippen LogP contribution in [0.3, 0.4) is 0 Å². The number of nitrogens with zero attached hydrogens (tertiary/aromatic N) is 1. The Hall–Kier alpha value is -2.09. The SMILES string of the molecule is Cc1cc([N+](=O)[O-])ccc1C(=O)NCCSCC(=O)O. The normalized spacial score (nSPS) is 10.1. The molecule has 0 saturated carbocycles. The van der Waals surface area contributed by atoms with Gasteiger partial charge in [0.2, 0.25) is 0 Å². The van der Waals surface area contributed by atoms with Gasteiger partial charge in [-0.2, -0.15) is 0 Å². The molecule has 0 saturated heterocycles. The first-order valence-electron chi connectivity index (χ1n) is 5.74. The summed E-state index contributed by atoms with van der Waals surface area (Å²) in [5.41, 5.74) is 0.838. The van der Waals surface area contributed by atoms with E-state index in [2.05, 4.69) is 5.32 Å². The van der Waals surface area contributed by atoms with Crippen LogP contribution in [0.4, 0.5) is 5.69 Å². The zero-order valence-electron chi connectivity index (χ0n) is 10.8. The molecule has 0 atom stereocenters. The van der Waals surface area contributed by atoms with Crippen LogP contribution >= 0.6 is 11.8 Å². The molecule has 0 aliphatic rings. The number of amides is 1. The molecule has 20 heavy (non-hydrogen) atoms. The molecule has 1 amide bonds. The maximum Gasteiger partial charge on any atom is 0.313 e. The van der Waals surface area contributed by atoms with Crippen LogP contribution in [0.1, 0.15) is 15.9 Å². The molecule has 0 aliphatic heterocycles. The number of benzene rings is 1. The average Bonchev–Trinajstić information content (AvgIpc) is 2.37. The molecular weight excluding hydrogens is 284 g/mol. The lowest BCUT2D eigenvalue weighted by Gasteiger charge is -2.07. The fourth-order valence-corrected chi connectivity index (χ4v) is 2.07. The number of carbonyl (C=O) groups excluding carboxylic acids is 1. The monoisotopic (exact) mass is 298 g/mol. The summed E-state index contributed by atoms with van der Waals surface area (Å²) >= 11 is 1.21. The van der Waals surface area contributed by atoms with E-state index in [0.29, 0.717) is 23.4 Å². The third kappa shape index (κ3) is 4.88. The van der Waals surface area contributed by atoms with E-state index in [4.69, 9.17) is 5.11 Å². The number of nitrogens with one attached hydrogen (secondary N) is 1. The fraction of sp³-hybridized carbons (Fsp3) is 0.333. The lowest BCUT2D eigenvalue weighted by Crippen LogP contribution is -2.26. The second kappa shape index (κ2) is 7.49. The van der Waals surface area contributed by atoms with Crippen molar-refractivity contribution >= 4 is 29.3 Å². The number of aryl methyl sites for hydroxylation is 1. The quantitative estimate of drug-likeness (QED) is 0.448. The number of rotatable bonds is 7. The van der Waals surface area contributed by atoms with Crippen LogP contribution < -0.4 is 5.32 Å². The topological polar surface area (TPSA) is 110 Å². The Kier molecular flexibility index (Phi) is 5.98. The largest absolute Gasteiger partial charge is 0.481 e. The minimum atomic E-state index is -0.896. The zero-order valence-corrected chi connectivity index (χ0v) is 11.6. The molecule has 2 N–H and O–H groups in total. The molecule has 0 aliphatic carbocycles. The summed E-state index contributed by atoms with van der Waals surface area (Å²) in [4.78, 5) is 32.2. The van der Waals surface area contributed by atoms with Gasteiger partial charge in [-0.3, -0.25) is 19.7 Å². The van der Waals surface area contributed by atoms with E-state index in [1.54, 1.807) is 6.92 Å². The lowest BCUT2D eigenvalue weighted by molar-refractivity contribution is -0.384. The molecule has 0 unspecified atom stereocenters. The van der Waals surface area contributed by atoms with Gasteiger partial charge in [0, 0.05) is 30.0 Å². The van der Waals surface area contributed by atoms with Crippen molar-refractivity contribution in [3.8, 4) is 0 Å². The summed E-state index contributed by atoms with van der Waals surface area (Å²) in [6, 6.07) is 4.03. The van der Waals surface area contributed by atoms with Crippen molar-refractivity contribution in [1.82, 2.24) is 5.32 Å². The molecule has 108 valence electrons. The molecule has 0 fully saturated rings. The second-order valence-electron chi connectivity index (χ2n) is 3.96. The zero-order chi connectivity index (χ0) is 15.1. The summed E-state index contributed by atoms with van der Waals surface area (Å²) < 4.78 is 0. The highest BCUT2D eigenvalue weighted by Crippen LogP contribution is 2.16. The molecule has 1 aromatic carbocycles. The molecule has 0 heterocycles. The number of nitro benzene ring substituents is 1. The minimum absolute atomic E-state index is 0.00751. The standard InChI is InChI=1S/C12H14N2O5S/c1-8-6-9(14(18)19)2-3-10(8)12(17)13-4-5-20-7-11(15)16/h2-3,6H,4-5,7H2,1H3,(H,13,17)(H,15,16). The van der Waals surface area contributed by atoms with E-state index >= 15 is 0 Å². The summed E-state index contributed by atoms with van der Waals surface area (Å²) in [6.45, 7) is 1.97. The molecular formula is C12H14N2O5S. The van der Waals surface area contributed by atoms with Gasteiger partial charge in [0.15, 0.2) is 0 Å². The highest BCUT2D eigenvalue weighted by atomic mass is 32.2. The Morgan fingerprint density at radius 3 is 2.70 bits per heavy atom. The maximum absolute atomic E-state index is 11.8. The number of carbonyl (C=O) groups is 2. The molecule has 0 spiro atoms. The predicted octanol–water partition coefficient (Wildman–Crippen LogP) is 1.45. The van der Waals surface area contributed by atoms with Gasteiger partial charge < -0.3 is 10.4 Å². The lowest BCUT2D eigenvalue weighted by atomic mass is 10.1. The van der Waals surface area contributed by atoms with Gasteiger partial charge in [0.05, 0.1) is 10.7 Å². The number of carboxylic acid groups (broad SMARTS) is 1. The second-order valence-corrected chi connectivity index (χ2v) is 5.06. The van der Waals surface area contributed by atoms with E-state index in [1.807, 2.05) is 0 Å². The van der Waals surface area contributed by atoms with E-state index in [9.17, 15) is 19.7 Å². The average molecular weight is 298 g/mol. The van der Waals surface area contributed by atoms with Crippen molar-refractivity contribution in [3.63, 3.8) is 0 Å². The van der Waals surface area contributed by atoms with Gasteiger partial charge in [0.25, 0.3) is 11.6 Å².